The van der Waals surface area contributed by atoms with E-state index in [2.05, 4.69) is 4.74 Å². The summed E-state index contributed by atoms with van der Waals surface area (Å²) >= 11 is 0. The van der Waals surface area contributed by atoms with E-state index in [1.807, 2.05) is 4.98 Å². The molecule has 1 aromatic heterocycles. The van der Waals surface area contributed by atoms with Crippen LogP contribution in [-0.4, -0.2) is 62.4 Å². The highest BCUT2D eigenvalue weighted by atomic mass is 16.6. The zero-order valence-corrected chi connectivity index (χ0v) is 11.8. The molecule has 1 aliphatic rings. The van der Waals surface area contributed by atoms with Crippen molar-refractivity contribution in [1.82, 2.24) is 9.55 Å². The molecule has 4 atom stereocenters. The number of nitrogens with one attached hydrogen (secondary N) is 1. The van der Waals surface area contributed by atoms with Gasteiger partial charge in [-0.3, -0.25) is 14.3 Å². The number of ether oxygens (including phenoxy) is 2. The Hall–Kier alpha value is -2.01. The van der Waals surface area contributed by atoms with Crippen LogP contribution in [0.15, 0.2) is 21.9 Å². The van der Waals surface area contributed by atoms with Gasteiger partial charge in [-0.2, -0.15) is 0 Å². The molecule has 122 valence electrons. The van der Waals surface area contributed by atoms with Crippen LogP contribution in [0, 0.1) is 0 Å². The van der Waals surface area contributed by atoms with Gasteiger partial charge in [0.2, 0.25) is 5.60 Å². The third kappa shape index (κ3) is 2.00. The molecule has 0 amide bonds. The monoisotopic (exact) mass is 316 g/mol. The number of aromatic nitrogens is 2. The molecule has 22 heavy (non-hydrogen) atoms. The van der Waals surface area contributed by atoms with Crippen molar-refractivity contribution in [3.05, 3.63) is 33.1 Å². The number of esters is 1. The van der Waals surface area contributed by atoms with Gasteiger partial charge in [0.15, 0.2) is 5.72 Å². The van der Waals surface area contributed by atoms with Crippen molar-refractivity contribution in [2.45, 2.75) is 30.5 Å². The molecule has 0 spiro atoms. The highest BCUT2D eigenvalue weighted by Crippen LogP contribution is 2.43. The topological polar surface area (TPSA) is 151 Å². The average Bonchev–Trinajstić information content (AvgIpc) is 2.68. The van der Waals surface area contributed by atoms with Gasteiger partial charge in [-0.05, 0) is 6.92 Å². The lowest BCUT2D eigenvalue weighted by Crippen LogP contribution is -2.63. The molecule has 10 nitrogen and oxygen atoms in total. The maximum Gasteiger partial charge on any atom is 0.345 e. The lowest BCUT2D eigenvalue weighted by atomic mass is 9.86. The van der Waals surface area contributed by atoms with E-state index in [4.69, 9.17) is 4.74 Å². The number of nitrogens with zero attached hydrogens (tertiary/aromatic N) is 1. The predicted octanol–water partition coefficient (Wildman–Crippen LogP) is -3.13. The van der Waals surface area contributed by atoms with Gasteiger partial charge in [-0.25, -0.2) is 9.59 Å². The molecule has 1 fully saturated rings. The Morgan fingerprint density at radius 1 is 1.55 bits per heavy atom. The first-order valence-corrected chi connectivity index (χ1v) is 6.32. The Kier molecular flexibility index (Phi) is 3.96. The molecule has 1 aromatic rings. The molecule has 4 N–H and O–H groups in total. The van der Waals surface area contributed by atoms with E-state index >= 15 is 0 Å². The van der Waals surface area contributed by atoms with Crippen LogP contribution in [0.25, 0.3) is 0 Å². The van der Waals surface area contributed by atoms with Gasteiger partial charge in [0.25, 0.3) is 5.56 Å². The fourth-order valence-corrected chi connectivity index (χ4v) is 2.59. The molecule has 2 rings (SSSR count). The van der Waals surface area contributed by atoms with E-state index in [-0.39, 0.29) is 0 Å². The SMILES string of the molecule is COC(=O)[C@@]1(O)[C@H](O)[C@@H](CO)O[C@@]1(C)n1ccc(=O)[nH]c1=O. The maximum absolute atomic E-state index is 12.0. The molecule has 2 heterocycles. The third-order valence-electron chi connectivity index (χ3n) is 3.83. The smallest absolute Gasteiger partial charge is 0.345 e. The summed E-state index contributed by atoms with van der Waals surface area (Å²) in [6.07, 6.45) is -2.19. The summed E-state index contributed by atoms with van der Waals surface area (Å²) < 4.78 is 10.6. The molecule has 1 saturated heterocycles. The first-order chi connectivity index (χ1) is 10.2. The quantitative estimate of drug-likeness (QED) is 0.427. The number of hydrogen-bond donors (Lipinski definition) is 4. The Balaban J connectivity index is 2.70. The van der Waals surface area contributed by atoms with E-state index in [1.165, 1.54) is 0 Å². The molecular weight excluding hydrogens is 300 g/mol. The summed E-state index contributed by atoms with van der Waals surface area (Å²) in [5.41, 5.74) is -6.43. The van der Waals surface area contributed by atoms with Crippen molar-refractivity contribution >= 4 is 5.97 Å². The Morgan fingerprint density at radius 2 is 2.18 bits per heavy atom. The second kappa shape index (κ2) is 5.32. The lowest BCUT2D eigenvalue weighted by Gasteiger charge is -2.37. The normalized spacial score (nSPS) is 34.6. The lowest BCUT2D eigenvalue weighted by molar-refractivity contribution is -0.210. The van der Waals surface area contributed by atoms with Crippen LogP contribution in [0.4, 0.5) is 0 Å². The predicted molar refractivity (Wildman–Crippen MR) is 69.9 cm³/mol. The van der Waals surface area contributed by atoms with Crippen LogP contribution in [0.3, 0.4) is 0 Å². The van der Waals surface area contributed by atoms with Gasteiger partial charge >= 0.3 is 11.7 Å². The van der Waals surface area contributed by atoms with Crippen LogP contribution in [0.2, 0.25) is 0 Å². The van der Waals surface area contributed by atoms with Crippen molar-refractivity contribution in [2.75, 3.05) is 13.7 Å². The molecule has 0 bridgehead atoms. The summed E-state index contributed by atoms with van der Waals surface area (Å²) in [4.78, 5) is 37.0. The van der Waals surface area contributed by atoms with E-state index in [0.717, 1.165) is 30.9 Å². The first-order valence-electron chi connectivity index (χ1n) is 6.32. The molecule has 0 saturated carbocycles. The number of methoxy groups -OCH3 is 1. The largest absolute Gasteiger partial charge is 0.467 e. The van der Waals surface area contributed by atoms with Gasteiger partial charge in [0.05, 0.1) is 13.7 Å². The van der Waals surface area contributed by atoms with Crippen molar-refractivity contribution in [3.8, 4) is 0 Å². The number of H-pyrrole nitrogens is 1. The standard InChI is InChI=1S/C12H16N2O8/c1-11(14-4-3-7(16)13-10(14)19)12(20,9(18)21-2)8(17)6(5-15)22-11/h3-4,6,8,15,17,20H,5H2,1-2H3,(H,13,16,19)/t6-,8-,11-,12+/m1/s1. The molecule has 0 radical (unpaired) electrons. The zero-order chi connectivity index (χ0) is 16.7. The minimum atomic E-state index is -2.67. The van der Waals surface area contributed by atoms with Crippen molar-refractivity contribution < 1.29 is 29.6 Å². The second-order valence-electron chi connectivity index (χ2n) is 5.00. The number of carbonyl (C=O) groups is 1. The molecule has 10 heteroatoms. The van der Waals surface area contributed by atoms with Crippen molar-refractivity contribution in [1.29, 1.82) is 0 Å². The Bertz CT molecular complexity index is 697. The van der Waals surface area contributed by atoms with Crippen LogP contribution >= 0.6 is 0 Å². The second-order valence-corrected chi connectivity index (χ2v) is 5.00. The fourth-order valence-electron chi connectivity index (χ4n) is 2.59. The highest BCUT2D eigenvalue weighted by molar-refractivity contribution is 5.82. The molecule has 0 aliphatic carbocycles. The highest BCUT2D eigenvalue weighted by Gasteiger charge is 2.69. The fraction of sp³-hybridized carbons (Fsp3) is 0.583. The van der Waals surface area contributed by atoms with Crippen LogP contribution in [-0.2, 0) is 20.0 Å². The molecule has 0 aromatic carbocycles. The number of aliphatic hydroxyl groups excluding tert-OH is 2. The van der Waals surface area contributed by atoms with E-state index in [0.29, 0.717) is 0 Å². The van der Waals surface area contributed by atoms with E-state index in [1.54, 1.807) is 0 Å². The third-order valence-corrected chi connectivity index (χ3v) is 3.83. The Labute approximate surface area is 123 Å². The molecule has 1 aliphatic heterocycles. The van der Waals surface area contributed by atoms with Gasteiger partial charge < -0.3 is 24.8 Å². The summed E-state index contributed by atoms with van der Waals surface area (Å²) in [6.45, 7) is 0.441. The van der Waals surface area contributed by atoms with Crippen LogP contribution < -0.4 is 11.2 Å². The average molecular weight is 316 g/mol. The number of carbonyl (C=O) groups excluding carboxylic acids is 1. The zero-order valence-electron chi connectivity index (χ0n) is 11.8. The van der Waals surface area contributed by atoms with Crippen LogP contribution in [0.5, 0.6) is 0 Å². The van der Waals surface area contributed by atoms with E-state index < -0.39 is 47.4 Å². The van der Waals surface area contributed by atoms with E-state index in [9.17, 15) is 29.7 Å². The number of aromatic amines is 1. The molecule has 0 unspecified atom stereocenters. The minimum absolute atomic E-state index is 0.691. The summed E-state index contributed by atoms with van der Waals surface area (Å²) in [5, 5.41) is 30.0. The summed E-state index contributed by atoms with van der Waals surface area (Å²) in [6, 6.07) is 0.979. The number of aliphatic hydroxyl groups is 3. The summed E-state index contributed by atoms with van der Waals surface area (Å²) in [5.74, 6) is -1.25. The maximum atomic E-state index is 12.0. The van der Waals surface area contributed by atoms with Crippen molar-refractivity contribution in [3.63, 3.8) is 0 Å². The first kappa shape index (κ1) is 16.4. The molecular formula is C12H16N2O8. The minimum Gasteiger partial charge on any atom is -0.467 e. The number of hydrogen-bond acceptors (Lipinski definition) is 8. The van der Waals surface area contributed by atoms with Crippen LogP contribution in [0.1, 0.15) is 6.92 Å². The van der Waals surface area contributed by atoms with Gasteiger partial charge in [-0.15, -0.1) is 0 Å². The van der Waals surface area contributed by atoms with Crippen molar-refractivity contribution in [2.24, 2.45) is 0 Å². The van der Waals surface area contributed by atoms with Gasteiger partial charge in [0.1, 0.15) is 12.2 Å². The van der Waals surface area contributed by atoms with Gasteiger partial charge in [0, 0.05) is 12.3 Å². The Morgan fingerprint density at radius 3 is 2.68 bits per heavy atom. The summed E-state index contributed by atoms with van der Waals surface area (Å²) in [7, 11) is 0.982. The number of rotatable bonds is 3. The van der Waals surface area contributed by atoms with Gasteiger partial charge in [-0.1, -0.05) is 0 Å².